The number of nitrogens with zero attached hydrogens (tertiary/aromatic N) is 7. The maximum Gasteiger partial charge on any atom is 0.307 e. The topological polar surface area (TPSA) is 116 Å². The van der Waals surface area contributed by atoms with E-state index in [9.17, 15) is 10.1 Å². The molecular formula is C18H21N7O4. The van der Waals surface area contributed by atoms with Crippen molar-refractivity contribution in [1.29, 1.82) is 0 Å². The van der Waals surface area contributed by atoms with Crippen molar-refractivity contribution in [3.8, 4) is 17.1 Å². The molecule has 1 aromatic carbocycles. The zero-order valence-electron chi connectivity index (χ0n) is 16.0. The molecule has 152 valence electrons. The van der Waals surface area contributed by atoms with E-state index in [1.54, 1.807) is 11.8 Å². The lowest BCUT2D eigenvalue weighted by molar-refractivity contribution is -0.385. The molecule has 29 heavy (non-hydrogen) atoms. The molecule has 0 atom stereocenters. The summed E-state index contributed by atoms with van der Waals surface area (Å²) >= 11 is 0. The van der Waals surface area contributed by atoms with Crippen LogP contribution in [0, 0.1) is 10.1 Å². The van der Waals surface area contributed by atoms with Crippen LogP contribution in [0.4, 0.5) is 5.69 Å². The quantitative estimate of drug-likeness (QED) is 0.432. The first-order chi connectivity index (χ1) is 14.1. The van der Waals surface area contributed by atoms with Crippen LogP contribution < -0.4 is 4.74 Å². The van der Waals surface area contributed by atoms with Gasteiger partial charge < -0.3 is 9.26 Å². The lowest BCUT2D eigenvalue weighted by Gasteiger charge is -2.33. The third kappa shape index (κ3) is 4.58. The van der Waals surface area contributed by atoms with Crippen LogP contribution in [0.1, 0.15) is 5.89 Å². The van der Waals surface area contributed by atoms with Crippen molar-refractivity contribution >= 4 is 5.69 Å². The minimum atomic E-state index is -0.438. The maximum absolute atomic E-state index is 10.8. The molecule has 2 aromatic heterocycles. The summed E-state index contributed by atoms with van der Waals surface area (Å²) in [7, 11) is 1.63. The number of benzene rings is 1. The Hall–Kier alpha value is -3.31. The summed E-state index contributed by atoms with van der Waals surface area (Å²) in [5.74, 6) is 1.91. The van der Waals surface area contributed by atoms with E-state index in [0.717, 1.165) is 37.5 Å². The number of hydrogen-bond acceptors (Lipinski definition) is 9. The van der Waals surface area contributed by atoms with Gasteiger partial charge in [0.15, 0.2) is 0 Å². The van der Waals surface area contributed by atoms with Crippen LogP contribution in [0.15, 0.2) is 41.2 Å². The fourth-order valence-electron chi connectivity index (χ4n) is 3.19. The van der Waals surface area contributed by atoms with Gasteiger partial charge in [0.2, 0.25) is 11.7 Å². The predicted molar refractivity (Wildman–Crippen MR) is 102 cm³/mol. The highest BCUT2D eigenvalue weighted by molar-refractivity contribution is 5.55. The molecule has 0 bridgehead atoms. The van der Waals surface area contributed by atoms with E-state index < -0.39 is 4.92 Å². The van der Waals surface area contributed by atoms with Gasteiger partial charge in [-0.3, -0.25) is 24.6 Å². The normalized spacial score (nSPS) is 15.5. The van der Waals surface area contributed by atoms with E-state index in [1.807, 2.05) is 24.3 Å². The van der Waals surface area contributed by atoms with Crippen LogP contribution in [0.25, 0.3) is 11.4 Å². The first-order valence-electron chi connectivity index (χ1n) is 9.19. The van der Waals surface area contributed by atoms with Gasteiger partial charge in [-0.05, 0) is 24.3 Å². The first kappa shape index (κ1) is 19.0. The van der Waals surface area contributed by atoms with Crippen LogP contribution in [-0.2, 0) is 13.2 Å². The lowest BCUT2D eigenvalue weighted by Crippen LogP contribution is -2.46. The van der Waals surface area contributed by atoms with Crippen LogP contribution in [0.5, 0.6) is 5.75 Å². The zero-order valence-corrected chi connectivity index (χ0v) is 16.0. The van der Waals surface area contributed by atoms with Gasteiger partial charge in [0.05, 0.1) is 25.2 Å². The fraction of sp³-hybridized carbons (Fsp3) is 0.389. The first-order valence-corrected chi connectivity index (χ1v) is 9.19. The SMILES string of the molecule is COc1ccc(-c2noc(CN3CCN(Cn4cc([N+](=O)[O-])cn4)CC3)n2)cc1. The second-order valence-corrected chi connectivity index (χ2v) is 6.77. The number of rotatable bonds is 7. The Balaban J connectivity index is 1.28. The third-order valence-electron chi connectivity index (χ3n) is 4.82. The largest absolute Gasteiger partial charge is 0.497 e. The Morgan fingerprint density at radius 2 is 1.90 bits per heavy atom. The van der Waals surface area contributed by atoms with Crippen molar-refractivity contribution in [3.63, 3.8) is 0 Å². The third-order valence-corrected chi connectivity index (χ3v) is 4.82. The highest BCUT2D eigenvalue weighted by atomic mass is 16.6. The summed E-state index contributed by atoms with van der Waals surface area (Å²) < 4.78 is 12.1. The van der Waals surface area contributed by atoms with E-state index in [0.29, 0.717) is 24.9 Å². The average molecular weight is 399 g/mol. The lowest BCUT2D eigenvalue weighted by atomic mass is 10.2. The molecule has 1 aliphatic rings. The number of hydrogen-bond donors (Lipinski definition) is 0. The molecule has 1 aliphatic heterocycles. The van der Waals surface area contributed by atoms with E-state index in [4.69, 9.17) is 9.26 Å². The highest BCUT2D eigenvalue weighted by Gasteiger charge is 2.20. The number of piperazine rings is 1. The van der Waals surface area contributed by atoms with Gasteiger partial charge >= 0.3 is 5.69 Å². The summed E-state index contributed by atoms with van der Waals surface area (Å²) in [6.07, 6.45) is 2.72. The number of aromatic nitrogens is 4. The van der Waals surface area contributed by atoms with Crippen LogP contribution in [-0.4, -0.2) is 67.9 Å². The maximum atomic E-state index is 10.8. The summed E-state index contributed by atoms with van der Waals surface area (Å²) in [4.78, 5) is 19.2. The Morgan fingerprint density at radius 1 is 1.17 bits per heavy atom. The van der Waals surface area contributed by atoms with Crippen LogP contribution >= 0.6 is 0 Å². The number of nitro groups is 1. The van der Waals surface area contributed by atoms with Crippen molar-refractivity contribution in [1.82, 2.24) is 29.7 Å². The predicted octanol–water partition coefficient (Wildman–Crippen LogP) is 1.63. The molecule has 0 spiro atoms. The van der Waals surface area contributed by atoms with Gasteiger partial charge in [-0.15, -0.1) is 0 Å². The molecule has 0 saturated carbocycles. The molecule has 0 amide bonds. The van der Waals surface area contributed by atoms with Gasteiger partial charge in [0.1, 0.15) is 18.1 Å². The van der Waals surface area contributed by atoms with Gasteiger partial charge in [0.25, 0.3) is 0 Å². The van der Waals surface area contributed by atoms with Crippen molar-refractivity contribution in [2.24, 2.45) is 0 Å². The Labute approximate surface area is 166 Å². The minimum absolute atomic E-state index is 0.00712. The fourth-order valence-corrected chi connectivity index (χ4v) is 3.19. The van der Waals surface area contributed by atoms with E-state index in [2.05, 4.69) is 25.0 Å². The van der Waals surface area contributed by atoms with Gasteiger partial charge in [-0.25, -0.2) is 0 Å². The molecule has 3 heterocycles. The summed E-state index contributed by atoms with van der Waals surface area (Å²) in [6, 6.07) is 7.51. The molecule has 0 aliphatic carbocycles. The molecular weight excluding hydrogens is 378 g/mol. The summed E-state index contributed by atoms with van der Waals surface area (Å²) in [6.45, 7) is 4.45. The monoisotopic (exact) mass is 399 g/mol. The molecule has 1 saturated heterocycles. The number of ether oxygens (including phenoxy) is 1. The zero-order chi connectivity index (χ0) is 20.2. The van der Waals surface area contributed by atoms with Crippen molar-refractivity contribution < 1.29 is 14.2 Å². The second kappa shape index (κ2) is 8.37. The smallest absolute Gasteiger partial charge is 0.307 e. The van der Waals surface area contributed by atoms with Gasteiger partial charge in [-0.1, -0.05) is 5.16 Å². The summed E-state index contributed by atoms with van der Waals surface area (Å²) in [5.41, 5.74) is 0.881. The second-order valence-electron chi connectivity index (χ2n) is 6.77. The van der Waals surface area contributed by atoms with Crippen molar-refractivity contribution in [2.75, 3.05) is 33.3 Å². The Bertz CT molecular complexity index is 961. The molecule has 11 nitrogen and oxygen atoms in total. The molecule has 0 unspecified atom stereocenters. The van der Waals surface area contributed by atoms with E-state index in [1.165, 1.54) is 12.4 Å². The molecule has 11 heteroatoms. The van der Waals surface area contributed by atoms with Crippen molar-refractivity contribution in [3.05, 3.63) is 52.7 Å². The molecule has 0 N–H and O–H groups in total. The van der Waals surface area contributed by atoms with E-state index in [-0.39, 0.29) is 5.69 Å². The Kier molecular flexibility index (Phi) is 5.49. The van der Waals surface area contributed by atoms with Crippen molar-refractivity contribution in [2.45, 2.75) is 13.2 Å². The van der Waals surface area contributed by atoms with Gasteiger partial charge in [-0.2, -0.15) is 10.1 Å². The molecule has 3 aromatic rings. The van der Waals surface area contributed by atoms with Crippen LogP contribution in [0.2, 0.25) is 0 Å². The molecule has 0 radical (unpaired) electrons. The molecule has 4 rings (SSSR count). The summed E-state index contributed by atoms with van der Waals surface area (Å²) in [5, 5.41) is 18.9. The Morgan fingerprint density at radius 3 is 2.55 bits per heavy atom. The number of methoxy groups -OCH3 is 1. The standard InChI is InChI=1S/C18H21N7O4/c1-28-16-4-2-14(3-5-16)18-20-17(29-21-18)12-22-6-8-23(9-7-22)13-24-11-15(10-19-24)25(26)27/h2-5,10-11H,6-9,12-13H2,1H3. The molecule has 1 fully saturated rings. The average Bonchev–Trinajstić information content (AvgIpc) is 3.39. The van der Waals surface area contributed by atoms with E-state index >= 15 is 0 Å². The minimum Gasteiger partial charge on any atom is -0.497 e. The van der Waals surface area contributed by atoms with Crippen LogP contribution in [0.3, 0.4) is 0 Å². The highest BCUT2D eigenvalue weighted by Crippen LogP contribution is 2.20. The van der Waals surface area contributed by atoms with Gasteiger partial charge in [0, 0.05) is 31.7 Å².